The summed E-state index contributed by atoms with van der Waals surface area (Å²) in [5, 5.41) is 12.1. The van der Waals surface area contributed by atoms with Crippen LogP contribution >= 0.6 is 0 Å². The number of carbonyl (C=O) groups is 4. The average Bonchev–Trinajstić information content (AvgIpc) is 3.40. The summed E-state index contributed by atoms with van der Waals surface area (Å²) < 4.78 is 4.95. The van der Waals surface area contributed by atoms with Gasteiger partial charge in [0.1, 0.15) is 6.04 Å². The monoisotopic (exact) mass is 431 g/mol. The minimum absolute atomic E-state index is 0.0509. The molecule has 0 bridgehead atoms. The summed E-state index contributed by atoms with van der Waals surface area (Å²) in [6, 6.07) is 5.54. The fourth-order valence-corrected chi connectivity index (χ4v) is 4.08. The Morgan fingerprint density at radius 3 is 2.61 bits per heavy atom. The number of hydrogen-bond donors (Lipinski definition) is 2. The van der Waals surface area contributed by atoms with E-state index >= 15 is 0 Å². The van der Waals surface area contributed by atoms with E-state index in [1.807, 2.05) is 0 Å². The predicted octanol–water partition coefficient (Wildman–Crippen LogP) is 0.704. The van der Waals surface area contributed by atoms with Crippen LogP contribution in [0.4, 0.5) is 5.69 Å². The zero-order chi connectivity index (χ0) is 22.5. The van der Waals surface area contributed by atoms with Gasteiger partial charge in [-0.2, -0.15) is 0 Å². The SMILES string of the molecule is CCOC(=O)c1ccc(N2CC(C(=O)NC(C)C(=O)N3CCCC3CO)CC2=O)cc1. The molecule has 3 rings (SSSR count). The van der Waals surface area contributed by atoms with Gasteiger partial charge >= 0.3 is 5.97 Å². The van der Waals surface area contributed by atoms with Gasteiger partial charge in [0.05, 0.1) is 30.7 Å². The quantitative estimate of drug-likeness (QED) is 0.614. The molecule has 0 radical (unpaired) electrons. The molecule has 3 unspecified atom stereocenters. The van der Waals surface area contributed by atoms with Crippen molar-refractivity contribution in [1.82, 2.24) is 10.2 Å². The van der Waals surface area contributed by atoms with Crippen molar-refractivity contribution in [2.24, 2.45) is 5.92 Å². The molecule has 9 nitrogen and oxygen atoms in total. The Morgan fingerprint density at radius 2 is 1.97 bits per heavy atom. The second-order valence-corrected chi connectivity index (χ2v) is 7.91. The first-order chi connectivity index (χ1) is 14.8. The van der Waals surface area contributed by atoms with Crippen LogP contribution in [0.3, 0.4) is 0 Å². The maximum absolute atomic E-state index is 12.7. The molecule has 0 spiro atoms. The molecular formula is C22H29N3O6. The van der Waals surface area contributed by atoms with E-state index in [1.165, 1.54) is 4.90 Å². The summed E-state index contributed by atoms with van der Waals surface area (Å²) in [6.45, 7) is 4.31. The Labute approximate surface area is 181 Å². The number of amides is 3. The number of benzene rings is 1. The zero-order valence-electron chi connectivity index (χ0n) is 17.9. The molecule has 2 fully saturated rings. The molecule has 0 saturated carbocycles. The predicted molar refractivity (Wildman–Crippen MR) is 112 cm³/mol. The number of anilines is 1. The highest BCUT2D eigenvalue weighted by atomic mass is 16.5. The maximum Gasteiger partial charge on any atom is 0.338 e. The van der Waals surface area contributed by atoms with Gasteiger partial charge in [0.2, 0.25) is 17.7 Å². The van der Waals surface area contributed by atoms with Gasteiger partial charge in [-0.1, -0.05) is 0 Å². The molecule has 2 aliphatic heterocycles. The number of likely N-dealkylation sites (tertiary alicyclic amines) is 1. The first kappa shape index (κ1) is 22.7. The molecule has 0 aromatic heterocycles. The van der Waals surface area contributed by atoms with Crippen LogP contribution in [0.15, 0.2) is 24.3 Å². The molecule has 9 heteroatoms. The van der Waals surface area contributed by atoms with E-state index in [1.54, 1.807) is 43.0 Å². The second-order valence-electron chi connectivity index (χ2n) is 7.91. The van der Waals surface area contributed by atoms with E-state index < -0.39 is 17.9 Å². The third kappa shape index (κ3) is 5.04. The fraction of sp³-hybridized carbons (Fsp3) is 0.545. The van der Waals surface area contributed by atoms with Crippen LogP contribution in [0.5, 0.6) is 0 Å². The molecule has 1 aromatic carbocycles. The Kier molecular flexibility index (Phi) is 7.27. The second kappa shape index (κ2) is 9.91. The number of ether oxygens (including phenoxy) is 1. The first-order valence-corrected chi connectivity index (χ1v) is 10.6. The summed E-state index contributed by atoms with van der Waals surface area (Å²) in [7, 11) is 0. The molecule has 3 amide bonds. The number of carbonyl (C=O) groups excluding carboxylic acids is 4. The summed E-state index contributed by atoms with van der Waals surface area (Å²) in [6.07, 6.45) is 1.64. The molecule has 2 heterocycles. The van der Waals surface area contributed by atoms with Gasteiger partial charge in [-0.05, 0) is 51.0 Å². The minimum atomic E-state index is -0.729. The Bertz CT molecular complexity index is 840. The number of nitrogens with one attached hydrogen (secondary N) is 1. The van der Waals surface area contributed by atoms with Gasteiger partial charge in [0.25, 0.3) is 0 Å². The van der Waals surface area contributed by atoms with Crippen molar-refractivity contribution >= 4 is 29.4 Å². The Hall–Kier alpha value is -2.94. The first-order valence-electron chi connectivity index (χ1n) is 10.6. The van der Waals surface area contributed by atoms with Crippen LogP contribution in [0.25, 0.3) is 0 Å². The molecule has 168 valence electrons. The number of nitrogens with zero attached hydrogens (tertiary/aromatic N) is 2. The number of aliphatic hydroxyl groups is 1. The average molecular weight is 431 g/mol. The van der Waals surface area contributed by atoms with Crippen molar-refractivity contribution < 1.29 is 29.0 Å². The summed E-state index contributed by atoms with van der Waals surface area (Å²) >= 11 is 0. The molecule has 2 aliphatic rings. The molecule has 3 atom stereocenters. The van der Waals surface area contributed by atoms with Gasteiger partial charge in [-0.3, -0.25) is 14.4 Å². The summed E-state index contributed by atoms with van der Waals surface area (Å²) in [5.74, 6) is -1.76. The van der Waals surface area contributed by atoms with Crippen molar-refractivity contribution in [1.29, 1.82) is 0 Å². The van der Waals surface area contributed by atoms with E-state index in [4.69, 9.17) is 4.74 Å². The van der Waals surface area contributed by atoms with Crippen molar-refractivity contribution in [3.63, 3.8) is 0 Å². The summed E-state index contributed by atoms with van der Waals surface area (Å²) in [5.41, 5.74) is 0.988. The van der Waals surface area contributed by atoms with Crippen molar-refractivity contribution in [3.05, 3.63) is 29.8 Å². The van der Waals surface area contributed by atoms with Crippen molar-refractivity contribution in [3.8, 4) is 0 Å². The van der Waals surface area contributed by atoms with E-state index in [0.717, 1.165) is 12.8 Å². The molecule has 2 N–H and O–H groups in total. The summed E-state index contributed by atoms with van der Waals surface area (Å²) in [4.78, 5) is 52.7. The number of rotatable bonds is 7. The van der Waals surface area contributed by atoms with E-state index in [0.29, 0.717) is 17.8 Å². The van der Waals surface area contributed by atoms with Crippen LogP contribution in [-0.4, -0.2) is 72.1 Å². The molecule has 1 aromatic rings. The zero-order valence-corrected chi connectivity index (χ0v) is 17.9. The highest BCUT2D eigenvalue weighted by Crippen LogP contribution is 2.26. The smallest absolute Gasteiger partial charge is 0.338 e. The third-order valence-corrected chi connectivity index (χ3v) is 5.79. The maximum atomic E-state index is 12.7. The van der Waals surface area contributed by atoms with Crippen LogP contribution in [0.2, 0.25) is 0 Å². The standard InChI is InChI=1S/C22H29N3O6/c1-3-31-22(30)15-6-8-17(9-7-15)25-12-16(11-19(25)27)20(28)23-14(2)21(29)24-10-4-5-18(24)13-26/h6-9,14,16,18,26H,3-5,10-13H2,1-2H3,(H,23,28). The molecule has 31 heavy (non-hydrogen) atoms. The molecule has 2 saturated heterocycles. The Balaban J connectivity index is 1.58. The molecular weight excluding hydrogens is 402 g/mol. The minimum Gasteiger partial charge on any atom is -0.462 e. The van der Waals surface area contributed by atoms with Crippen LogP contribution in [0.1, 0.15) is 43.5 Å². The molecule has 0 aliphatic carbocycles. The number of esters is 1. The van der Waals surface area contributed by atoms with Crippen LogP contribution < -0.4 is 10.2 Å². The van der Waals surface area contributed by atoms with Crippen molar-refractivity contribution in [2.75, 3.05) is 31.2 Å². The number of hydrogen-bond acceptors (Lipinski definition) is 6. The lowest BCUT2D eigenvalue weighted by atomic mass is 10.1. The van der Waals surface area contributed by atoms with Crippen molar-refractivity contribution in [2.45, 2.75) is 45.2 Å². The van der Waals surface area contributed by atoms with Crippen LogP contribution in [-0.2, 0) is 19.1 Å². The van der Waals surface area contributed by atoms with E-state index in [2.05, 4.69) is 5.32 Å². The largest absolute Gasteiger partial charge is 0.462 e. The number of aliphatic hydroxyl groups excluding tert-OH is 1. The third-order valence-electron chi connectivity index (χ3n) is 5.79. The highest BCUT2D eigenvalue weighted by molar-refractivity contribution is 6.01. The lowest BCUT2D eigenvalue weighted by Crippen LogP contribution is -2.50. The van der Waals surface area contributed by atoms with Gasteiger partial charge < -0.3 is 25.0 Å². The van der Waals surface area contributed by atoms with E-state index in [9.17, 15) is 24.3 Å². The Morgan fingerprint density at radius 1 is 1.26 bits per heavy atom. The normalized spacial score (nSPS) is 21.8. The van der Waals surface area contributed by atoms with Gasteiger partial charge in [0, 0.05) is 25.2 Å². The lowest BCUT2D eigenvalue weighted by Gasteiger charge is -2.27. The topological polar surface area (TPSA) is 116 Å². The van der Waals surface area contributed by atoms with Crippen LogP contribution in [0, 0.1) is 5.92 Å². The van der Waals surface area contributed by atoms with Gasteiger partial charge in [-0.25, -0.2) is 4.79 Å². The van der Waals surface area contributed by atoms with Gasteiger partial charge in [-0.15, -0.1) is 0 Å². The van der Waals surface area contributed by atoms with Gasteiger partial charge in [0.15, 0.2) is 0 Å². The van der Waals surface area contributed by atoms with E-state index in [-0.39, 0.29) is 49.9 Å². The lowest BCUT2D eigenvalue weighted by molar-refractivity contribution is -0.138. The highest BCUT2D eigenvalue weighted by Gasteiger charge is 2.37. The fourth-order valence-electron chi connectivity index (χ4n) is 4.08.